The summed E-state index contributed by atoms with van der Waals surface area (Å²) in [6, 6.07) is 0. The Morgan fingerprint density at radius 1 is 0.895 bits per heavy atom. The van der Waals surface area contributed by atoms with E-state index in [1.165, 1.54) is 38.5 Å². The highest BCUT2D eigenvalue weighted by atomic mass is 19.1. The van der Waals surface area contributed by atoms with Gasteiger partial charge in [-0.05, 0) is 25.7 Å². The fourth-order valence-electron chi connectivity index (χ4n) is 2.29. The summed E-state index contributed by atoms with van der Waals surface area (Å²) in [5, 5.41) is 8.46. The molecule has 0 aromatic rings. The predicted molar refractivity (Wildman–Crippen MR) is 78.2 cm³/mol. The minimum absolute atomic E-state index is 0.171. The number of carboxylic acids is 1. The van der Waals surface area contributed by atoms with Crippen LogP contribution >= 0.6 is 0 Å². The lowest BCUT2D eigenvalue weighted by Crippen LogP contribution is -2.01. The first kappa shape index (κ1) is 18.4. The van der Waals surface area contributed by atoms with Crippen LogP contribution in [0.1, 0.15) is 90.4 Å². The van der Waals surface area contributed by atoms with Crippen molar-refractivity contribution >= 4 is 5.97 Å². The molecule has 0 aliphatic heterocycles. The zero-order chi connectivity index (χ0) is 14.3. The lowest BCUT2D eigenvalue weighted by atomic mass is 10.0. The van der Waals surface area contributed by atoms with Crippen LogP contribution in [0.5, 0.6) is 0 Å². The number of hydrogen-bond acceptors (Lipinski definition) is 1. The van der Waals surface area contributed by atoms with Crippen LogP contribution in [0.2, 0.25) is 0 Å². The van der Waals surface area contributed by atoms with Crippen molar-refractivity contribution in [3.05, 3.63) is 0 Å². The summed E-state index contributed by atoms with van der Waals surface area (Å²) in [7, 11) is 0. The molecule has 3 heteroatoms. The van der Waals surface area contributed by atoms with Gasteiger partial charge < -0.3 is 5.11 Å². The highest BCUT2D eigenvalue weighted by molar-refractivity contribution is 5.66. The normalized spacial score (nSPS) is 12.5. The second-order valence-corrected chi connectivity index (χ2v) is 5.50. The van der Waals surface area contributed by atoms with Gasteiger partial charge in [-0.3, -0.25) is 4.79 Å². The molecule has 1 N–H and O–H groups in total. The van der Waals surface area contributed by atoms with E-state index in [4.69, 9.17) is 5.11 Å². The van der Waals surface area contributed by atoms with E-state index in [9.17, 15) is 9.18 Å². The average molecular weight is 274 g/mol. The fourth-order valence-corrected chi connectivity index (χ4v) is 2.29. The van der Waals surface area contributed by atoms with Crippen LogP contribution in [0.25, 0.3) is 0 Å². The van der Waals surface area contributed by atoms with Gasteiger partial charge in [-0.15, -0.1) is 0 Å². The molecule has 0 rings (SSSR count). The van der Waals surface area contributed by atoms with Gasteiger partial charge in [0.1, 0.15) is 6.17 Å². The molecule has 0 bridgehead atoms. The van der Waals surface area contributed by atoms with Gasteiger partial charge in [0.2, 0.25) is 0 Å². The van der Waals surface area contributed by atoms with E-state index in [2.05, 4.69) is 6.92 Å². The maximum absolute atomic E-state index is 13.5. The van der Waals surface area contributed by atoms with Gasteiger partial charge in [0.15, 0.2) is 0 Å². The maximum atomic E-state index is 13.5. The number of carbonyl (C=O) groups is 1. The summed E-state index contributed by atoms with van der Waals surface area (Å²) in [5.74, 6) is -0.779. The Kier molecular flexibility index (Phi) is 13.4. The van der Waals surface area contributed by atoms with E-state index in [0.717, 1.165) is 12.8 Å². The Labute approximate surface area is 117 Å². The second-order valence-electron chi connectivity index (χ2n) is 5.50. The average Bonchev–Trinajstić information content (AvgIpc) is 2.37. The molecule has 0 amide bonds. The topological polar surface area (TPSA) is 37.3 Å². The lowest BCUT2D eigenvalue weighted by molar-refractivity contribution is -0.137. The maximum Gasteiger partial charge on any atom is 0.303 e. The monoisotopic (exact) mass is 274 g/mol. The number of hydrogen-bond donors (Lipinski definition) is 1. The molecule has 2 nitrogen and oxygen atoms in total. The Bertz CT molecular complexity index is 207. The summed E-state index contributed by atoms with van der Waals surface area (Å²) in [5.41, 5.74) is 0. The van der Waals surface area contributed by atoms with Crippen molar-refractivity contribution in [2.24, 2.45) is 0 Å². The molecule has 0 heterocycles. The first-order valence-electron chi connectivity index (χ1n) is 8.02. The molecule has 0 saturated carbocycles. The van der Waals surface area contributed by atoms with Gasteiger partial charge in [-0.1, -0.05) is 58.3 Å². The van der Waals surface area contributed by atoms with Crippen LogP contribution in [0.3, 0.4) is 0 Å². The molecule has 0 aliphatic carbocycles. The van der Waals surface area contributed by atoms with Crippen molar-refractivity contribution < 1.29 is 14.3 Å². The van der Waals surface area contributed by atoms with Crippen molar-refractivity contribution in [1.82, 2.24) is 0 Å². The molecule has 0 fully saturated rings. The molecular weight excluding hydrogens is 243 g/mol. The number of rotatable bonds is 14. The first-order chi connectivity index (χ1) is 9.16. The highest BCUT2D eigenvalue weighted by Crippen LogP contribution is 2.15. The third-order valence-electron chi connectivity index (χ3n) is 3.53. The Balaban J connectivity index is 3.15. The van der Waals surface area contributed by atoms with Crippen LogP contribution in [0.15, 0.2) is 0 Å². The second kappa shape index (κ2) is 13.8. The van der Waals surface area contributed by atoms with Gasteiger partial charge in [0.25, 0.3) is 0 Å². The van der Waals surface area contributed by atoms with Gasteiger partial charge in [0.05, 0.1) is 0 Å². The highest BCUT2D eigenvalue weighted by Gasteiger charge is 2.06. The summed E-state index contributed by atoms with van der Waals surface area (Å²) in [6.45, 7) is 2.22. The molecule has 0 aromatic carbocycles. The molecule has 0 saturated heterocycles. The van der Waals surface area contributed by atoms with E-state index in [0.29, 0.717) is 25.7 Å². The van der Waals surface area contributed by atoms with E-state index >= 15 is 0 Å². The number of carboxylic acid groups (broad SMARTS) is 1. The molecule has 0 unspecified atom stereocenters. The molecule has 0 radical (unpaired) electrons. The Morgan fingerprint density at radius 2 is 1.37 bits per heavy atom. The van der Waals surface area contributed by atoms with Crippen LogP contribution < -0.4 is 0 Å². The fraction of sp³-hybridized carbons (Fsp3) is 0.938. The molecule has 114 valence electrons. The molecular formula is C16H31FO2. The minimum atomic E-state index is -0.779. The number of alkyl halides is 1. The minimum Gasteiger partial charge on any atom is -0.481 e. The summed E-state index contributed by atoms with van der Waals surface area (Å²) in [4.78, 5) is 10.3. The largest absolute Gasteiger partial charge is 0.481 e. The van der Waals surface area contributed by atoms with Crippen molar-refractivity contribution in [3.8, 4) is 0 Å². The zero-order valence-corrected chi connectivity index (χ0v) is 12.5. The first-order valence-corrected chi connectivity index (χ1v) is 8.02. The van der Waals surface area contributed by atoms with Crippen molar-refractivity contribution in [1.29, 1.82) is 0 Å². The van der Waals surface area contributed by atoms with Crippen LogP contribution in [-0.4, -0.2) is 17.2 Å². The molecule has 0 aliphatic rings. The zero-order valence-electron chi connectivity index (χ0n) is 12.5. The smallest absolute Gasteiger partial charge is 0.303 e. The van der Waals surface area contributed by atoms with E-state index < -0.39 is 12.1 Å². The Morgan fingerprint density at radius 3 is 1.89 bits per heavy atom. The van der Waals surface area contributed by atoms with E-state index in [1.807, 2.05) is 0 Å². The van der Waals surface area contributed by atoms with Gasteiger partial charge >= 0.3 is 5.97 Å². The van der Waals surface area contributed by atoms with Crippen molar-refractivity contribution in [3.63, 3.8) is 0 Å². The third kappa shape index (κ3) is 15.3. The Hall–Kier alpha value is -0.600. The third-order valence-corrected chi connectivity index (χ3v) is 3.53. The summed E-state index contributed by atoms with van der Waals surface area (Å²) >= 11 is 0. The molecule has 19 heavy (non-hydrogen) atoms. The number of halogens is 1. The van der Waals surface area contributed by atoms with Crippen LogP contribution in [0, 0.1) is 0 Å². The molecule has 0 spiro atoms. The molecule has 0 aromatic heterocycles. The van der Waals surface area contributed by atoms with Gasteiger partial charge in [-0.2, -0.15) is 0 Å². The van der Waals surface area contributed by atoms with E-state index in [-0.39, 0.29) is 6.42 Å². The standard InChI is InChI=1S/C16H31FO2/c1-2-3-4-5-6-7-8-9-12-15(17)13-10-11-14-16(18)19/h15H,2-14H2,1H3,(H,18,19)/t15-/m1/s1. The summed E-state index contributed by atoms with van der Waals surface area (Å²) < 4.78 is 13.5. The van der Waals surface area contributed by atoms with E-state index in [1.54, 1.807) is 0 Å². The van der Waals surface area contributed by atoms with Gasteiger partial charge in [-0.25, -0.2) is 4.39 Å². The van der Waals surface area contributed by atoms with Crippen LogP contribution in [0.4, 0.5) is 4.39 Å². The number of unbranched alkanes of at least 4 members (excludes halogenated alkanes) is 8. The van der Waals surface area contributed by atoms with Crippen molar-refractivity contribution in [2.45, 2.75) is 96.6 Å². The number of aliphatic carboxylic acids is 1. The predicted octanol–water partition coefficient (Wildman–Crippen LogP) is 5.50. The lowest BCUT2D eigenvalue weighted by Gasteiger charge is -2.07. The van der Waals surface area contributed by atoms with Crippen molar-refractivity contribution in [2.75, 3.05) is 0 Å². The molecule has 1 atom stereocenters. The van der Waals surface area contributed by atoms with Crippen LogP contribution in [-0.2, 0) is 4.79 Å². The van der Waals surface area contributed by atoms with Gasteiger partial charge in [0, 0.05) is 6.42 Å². The SMILES string of the molecule is CCCCCCCCCC[C@@H](F)CCCCC(=O)O. The quantitative estimate of drug-likeness (QED) is 0.425. The summed E-state index contributed by atoms with van der Waals surface area (Å²) in [6.07, 6.45) is 11.9.